The molecule has 1 fully saturated rings. The van der Waals surface area contributed by atoms with Crippen LogP contribution in [0.25, 0.3) is 10.9 Å². The number of likely N-dealkylation sites (N-methyl/N-ethyl adjacent to an activating group) is 1. The normalized spacial score (nSPS) is 26.5. The summed E-state index contributed by atoms with van der Waals surface area (Å²) >= 11 is 6.53. The fraction of sp³-hybridized carbons (Fsp3) is 0.333. The fourth-order valence-corrected chi connectivity index (χ4v) is 5.28. The van der Waals surface area contributed by atoms with E-state index in [2.05, 4.69) is 65.5 Å². The van der Waals surface area contributed by atoms with Gasteiger partial charge in [0, 0.05) is 22.9 Å². The second kappa shape index (κ2) is 5.37. The van der Waals surface area contributed by atoms with Gasteiger partial charge < -0.3 is 9.88 Å². The average Bonchev–Trinajstić information content (AvgIpc) is 2.94. The van der Waals surface area contributed by atoms with Gasteiger partial charge in [0.1, 0.15) is 5.15 Å². The zero-order valence-corrected chi connectivity index (χ0v) is 14.6. The number of likely N-dealkylation sites (tertiary alicyclic amines) is 1. The Morgan fingerprint density at radius 1 is 1.08 bits per heavy atom. The third-order valence-corrected chi connectivity index (χ3v) is 6.44. The Bertz CT molecular complexity index is 899. The van der Waals surface area contributed by atoms with Gasteiger partial charge in [-0.25, -0.2) is 0 Å². The molecule has 122 valence electrons. The SMILES string of the molecule is CN1CCC(c2ccccc2)C2c3cccc4[nH]c(Cl)c(c34)CC21. The third kappa shape index (κ3) is 2.00. The first kappa shape index (κ1) is 14.6. The van der Waals surface area contributed by atoms with Crippen LogP contribution in [0.3, 0.4) is 0 Å². The zero-order valence-electron chi connectivity index (χ0n) is 13.8. The molecule has 2 nitrogen and oxygen atoms in total. The fourth-order valence-electron chi connectivity index (χ4n) is 5.00. The summed E-state index contributed by atoms with van der Waals surface area (Å²) in [5.74, 6) is 1.12. The Labute approximate surface area is 147 Å². The molecule has 1 aromatic heterocycles. The molecule has 1 aliphatic heterocycles. The minimum atomic E-state index is 0.523. The summed E-state index contributed by atoms with van der Waals surface area (Å²) in [7, 11) is 2.27. The van der Waals surface area contributed by atoms with Crippen molar-refractivity contribution in [3.63, 3.8) is 0 Å². The number of benzene rings is 2. The van der Waals surface area contributed by atoms with Crippen LogP contribution in [0.4, 0.5) is 0 Å². The van der Waals surface area contributed by atoms with E-state index in [0.717, 1.165) is 18.1 Å². The number of hydrogen-bond donors (Lipinski definition) is 1. The molecule has 2 aromatic carbocycles. The van der Waals surface area contributed by atoms with Crippen LogP contribution in [0.5, 0.6) is 0 Å². The van der Waals surface area contributed by atoms with E-state index in [0.29, 0.717) is 17.9 Å². The van der Waals surface area contributed by atoms with Crippen molar-refractivity contribution in [1.29, 1.82) is 0 Å². The third-order valence-electron chi connectivity index (χ3n) is 6.11. The van der Waals surface area contributed by atoms with Crippen molar-refractivity contribution >= 4 is 22.5 Å². The quantitative estimate of drug-likeness (QED) is 0.666. The molecule has 0 spiro atoms. The molecule has 0 saturated carbocycles. The van der Waals surface area contributed by atoms with Crippen molar-refractivity contribution in [2.24, 2.45) is 0 Å². The topological polar surface area (TPSA) is 19.0 Å². The number of aromatic amines is 1. The van der Waals surface area contributed by atoms with Crippen LogP contribution >= 0.6 is 11.6 Å². The number of nitrogens with zero attached hydrogens (tertiary/aromatic N) is 1. The number of rotatable bonds is 1. The highest BCUT2D eigenvalue weighted by atomic mass is 35.5. The van der Waals surface area contributed by atoms with Crippen LogP contribution < -0.4 is 0 Å². The van der Waals surface area contributed by atoms with Gasteiger partial charge in [0.25, 0.3) is 0 Å². The van der Waals surface area contributed by atoms with Gasteiger partial charge in [-0.15, -0.1) is 0 Å². The number of halogens is 1. The highest BCUT2D eigenvalue weighted by Gasteiger charge is 2.42. The number of aromatic nitrogens is 1. The first-order valence-electron chi connectivity index (χ1n) is 8.78. The van der Waals surface area contributed by atoms with E-state index >= 15 is 0 Å². The van der Waals surface area contributed by atoms with Gasteiger partial charge in [-0.1, -0.05) is 54.1 Å². The van der Waals surface area contributed by atoms with E-state index in [1.165, 1.54) is 34.0 Å². The lowest BCUT2D eigenvalue weighted by Crippen LogP contribution is -2.47. The number of hydrogen-bond acceptors (Lipinski definition) is 1. The molecule has 3 aromatic rings. The summed E-state index contributed by atoms with van der Waals surface area (Å²) in [4.78, 5) is 5.92. The van der Waals surface area contributed by atoms with Crippen LogP contribution in [-0.4, -0.2) is 29.5 Å². The Hall–Kier alpha value is -1.77. The van der Waals surface area contributed by atoms with Gasteiger partial charge in [0.05, 0.1) is 0 Å². The summed E-state index contributed by atoms with van der Waals surface area (Å²) in [6, 6.07) is 18.2. The Morgan fingerprint density at radius 3 is 2.75 bits per heavy atom. The van der Waals surface area contributed by atoms with Crippen molar-refractivity contribution in [2.45, 2.75) is 30.7 Å². The lowest BCUT2D eigenvalue weighted by Gasteiger charge is -2.47. The molecule has 1 N–H and O–H groups in total. The molecule has 0 amide bonds. The maximum absolute atomic E-state index is 6.53. The largest absolute Gasteiger partial charge is 0.345 e. The maximum atomic E-state index is 6.53. The van der Waals surface area contributed by atoms with E-state index < -0.39 is 0 Å². The summed E-state index contributed by atoms with van der Waals surface area (Å²) in [5.41, 5.74) is 5.44. The number of H-pyrrole nitrogens is 1. The van der Waals surface area contributed by atoms with E-state index in [9.17, 15) is 0 Å². The molecule has 3 heteroatoms. The number of nitrogens with one attached hydrogen (secondary N) is 1. The van der Waals surface area contributed by atoms with Crippen LogP contribution in [0, 0.1) is 0 Å². The Balaban J connectivity index is 1.73. The molecule has 0 bridgehead atoms. The smallest absolute Gasteiger partial charge is 0.110 e. The van der Waals surface area contributed by atoms with E-state index in [-0.39, 0.29) is 0 Å². The van der Waals surface area contributed by atoms with Crippen molar-refractivity contribution in [2.75, 3.05) is 13.6 Å². The molecule has 1 saturated heterocycles. The first-order chi connectivity index (χ1) is 11.7. The van der Waals surface area contributed by atoms with Crippen LogP contribution in [0.1, 0.15) is 34.9 Å². The second-order valence-corrected chi connectivity index (χ2v) is 7.65. The summed E-state index contributed by atoms with van der Waals surface area (Å²) in [5, 5.41) is 2.20. The van der Waals surface area contributed by atoms with Gasteiger partial charge in [-0.05, 0) is 55.1 Å². The van der Waals surface area contributed by atoms with E-state index in [1.807, 2.05) is 0 Å². The monoisotopic (exact) mass is 336 g/mol. The summed E-state index contributed by atoms with van der Waals surface area (Å²) in [6.07, 6.45) is 2.26. The summed E-state index contributed by atoms with van der Waals surface area (Å²) in [6.45, 7) is 1.15. The highest BCUT2D eigenvalue weighted by molar-refractivity contribution is 6.32. The first-order valence-corrected chi connectivity index (χ1v) is 9.16. The standard InChI is InChI=1S/C21H21ClN2/c1-24-11-10-14(13-6-3-2-4-7-13)20-15-8-5-9-17-19(15)16(12-18(20)24)21(22)23-17/h2-9,14,18,20,23H,10-12H2,1H3. The van der Waals surface area contributed by atoms with Gasteiger partial charge in [-0.2, -0.15) is 0 Å². The van der Waals surface area contributed by atoms with Gasteiger partial charge >= 0.3 is 0 Å². The van der Waals surface area contributed by atoms with Crippen LogP contribution in [0.2, 0.25) is 5.15 Å². The van der Waals surface area contributed by atoms with Crippen LogP contribution in [0.15, 0.2) is 48.5 Å². The van der Waals surface area contributed by atoms with E-state index in [4.69, 9.17) is 11.6 Å². The maximum Gasteiger partial charge on any atom is 0.110 e. The molecule has 3 unspecified atom stereocenters. The van der Waals surface area contributed by atoms with E-state index in [1.54, 1.807) is 0 Å². The molecule has 1 aliphatic carbocycles. The average molecular weight is 337 g/mol. The van der Waals surface area contributed by atoms with Crippen molar-refractivity contribution in [3.8, 4) is 0 Å². The van der Waals surface area contributed by atoms with Crippen molar-refractivity contribution in [1.82, 2.24) is 9.88 Å². The molecular formula is C21H21ClN2. The van der Waals surface area contributed by atoms with Gasteiger partial charge in [0.15, 0.2) is 0 Å². The number of fused-ring (bicyclic) bond motifs is 2. The predicted molar refractivity (Wildman–Crippen MR) is 100.0 cm³/mol. The minimum Gasteiger partial charge on any atom is -0.345 e. The lowest BCUT2D eigenvalue weighted by atomic mass is 9.67. The van der Waals surface area contributed by atoms with Gasteiger partial charge in [-0.3, -0.25) is 0 Å². The predicted octanol–water partition coefficient (Wildman–Crippen LogP) is 4.95. The molecule has 24 heavy (non-hydrogen) atoms. The summed E-state index contributed by atoms with van der Waals surface area (Å²) < 4.78 is 0. The zero-order chi connectivity index (χ0) is 16.3. The van der Waals surface area contributed by atoms with Gasteiger partial charge in [0.2, 0.25) is 0 Å². The molecule has 0 radical (unpaired) electrons. The van der Waals surface area contributed by atoms with Crippen LogP contribution in [-0.2, 0) is 6.42 Å². The van der Waals surface area contributed by atoms with Crippen molar-refractivity contribution in [3.05, 3.63) is 70.4 Å². The molecule has 2 heterocycles. The lowest BCUT2D eigenvalue weighted by molar-refractivity contribution is 0.139. The minimum absolute atomic E-state index is 0.523. The molecule has 2 aliphatic rings. The molecular weight excluding hydrogens is 316 g/mol. The number of piperidine rings is 1. The second-order valence-electron chi connectivity index (χ2n) is 7.27. The Morgan fingerprint density at radius 2 is 1.92 bits per heavy atom. The Kier molecular flexibility index (Phi) is 3.26. The molecule has 3 atom stereocenters. The molecule has 5 rings (SSSR count). The van der Waals surface area contributed by atoms with Crippen molar-refractivity contribution < 1.29 is 0 Å². The highest BCUT2D eigenvalue weighted by Crippen LogP contribution is 2.50.